The molecule has 0 spiro atoms. The lowest BCUT2D eigenvalue weighted by atomic mass is 9.92. The monoisotopic (exact) mass is 405 g/mol. The van der Waals surface area contributed by atoms with Gasteiger partial charge in [0, 0.05) is 11.3 Å². The molecule has 0 aliphatic carbocycles. The summed E-state index contributed by atoms with van der Waals surface area (Å²) in [4.78, 5) is 0.269. The molecule has 0 amide bonds. The third-order valence-corrected chi connectivity index (χ3v) is 6.71. The lowest BCUT2D eigenvalue weighted by Gasteiger charge is -2.21. The predicted molar refractivity (Wildman–Crippen MR) is 110 cm³/mol. The van der Waals surface area contributed by atoms with E-state index >= 15 is 0 Å². The summed E-state index contributed by atoms with van der Waals surface area (Å²) in [6, 6.07) is 12.9. The first-order chi connectivity index (χ1) is 12.5. The van der Waals surface area contributed by atoms with E-state index in [2.05, 4.69) is 10.4 Å². The van der Waals surface area contributed by atoms with Crippen LogP contribution in [-0.2, 0) is 10.0 Å². The third kappa shape index (κ3) is 3.61. The maximum Gasteiger partial charge on any atom is 0.283 e. The van der Waals surface area contributed by atoms with Crippen molar-refractivity contribution in [1.82, 2.24) is 14.5 Å². The molecule has 3 aromatic rings. The fourth-order valence-corrected chi connectivity index (χ4v) is 4.90. The number of hydrogen-bond donors (Lipinski definition) is 1. The number of hydrogen-bond acceptors (Lipinski definition) is 4. The third-order valence-electron chi connectivity index (χ3n) is 5.11. The zero-order valence-corrected chi connectivity index (χ0v) is 17.1. The molecular weight excluding hydrogens is 382 g/mol. The van der Waals surface area contributed by atoms with Gasteiger partial charge in [0.2, 0.25) is 0 Å². The molecule has 4 rings (SSSR count). The zero-order chi connectivity index (χ0) is 18.3. The second kappa shape index (κ2) is 7.62. The van der Waals surface area contributed by atoms with Crippen molar-refractivity contribution in [2.24, 2.45) is 0 Å². The molecule has 7 heteroatoms. The summed E-state index contributed by atoms with van der Waals surface area (Å²) in [6.45, 7) is 5.79. The number of nitrogens with zero attached hydrogens (tertiary/aromatic N) is 2. The Bertz CT molecular complexity index is 1050. The molecule has 1 N–H and O–H groups in total. The van der Waals surface area contributed by atoms with Gasteiger partial charge in [-0.05, 0) is 63.5 Å². The first-order valence-corrected chi connectivity index (χ1v) is 10.4. The number of piperidine rings is 1. The van der Waals surface area contributed by atoms with E-state index < -0.39 is 10.0 Å². The summed E-state index contributed by atoms with van der Waals surface area (Å²) in [5, 5.41) is 8.93. The predicted octanol–water partition coefficient (Wildman–Crippen LogP) is 3.78. The summed E-state index contributed by atoms with van der Waals surface area (Å²) in [7, 11) is -3.73. The van der Waals surface area contributed by atoms with Crippen LogP contribution in [-0.4, -0.2) is 30.7 Å². The van der Waals surface area contributed by atoms with Crippen LogP contribution in [0.4, 0.5) is 0 Å². The molecule has 0 radical (unpaired) electrons. The fourth-order valence-electron chi connectivity index (χ4n) is 3.61. The first-order valence-electron chi connectivity index (χ1n) is 8.99. The van der Waals surface area contributed by atoms with Crippen LogP contribution in [0.3, 0.4) is 0 Å². The van der Waals surface area contributed by atoms with Gasteiger partial charge in [-0.15, -0.1) is 12.4 Å². The van der Waals surface area contributed by atoms with Crippen LogP contribution in [0.1, 0.15) is 35.6 Å². The number of nitrogens with one attached hydrogen (secondary N) is 1. The van der Waals surface area contributed by atoms with Crippen molar-refractivity contribution in [3.63, 3.8) is 0 Å². The Hall–Kier alpha value is -1.89. The van der Waals surface area contributed by atoms with E-state index in [4.69, 9.17) is 0 Å². The van der Waals surface area contributed by atoms with E-state index in [9.17, 15) is 8.42 Å². The molecule has 1 aliphatic heterocycles. The summed E-state index contributed by atoms with van der Waals surface area (Å²) in [6.07, 6.45) is 1.95. The highest BCUT2D eigenvalue weighted by Crippen LogP contribution is 2.33. The lowest BCUT2D eigenvalue weighted by Crippen LogP contribution is -2.27. The van der Waals surface area contributed by atoms with Gasteiger partial charge < -0.3 is 5.32 Å². The molecule has 1 saturated heterocycles. The minimum atomic E-state index is -3.73. The number of aryl methyl sites for hydroxylation is 2. The van der Waals surface area contributed by atoms with Crippen LogP contribution in [0, 0.1) is 13.8 Å². The van der Waals surface area contributed by atoms with Crippen LogP contribution in [0.15, 0.2) is 47.4 Å². The molecule has 1 fully saturated rings. The second-order valence-electron chi connectivity index (χ2n) is 7.09. The smallest absolute Gasteiger partial charge is 0.283 e. The summed E-state index contributed by atoms with van der Waals surface area (Å²) in [5.74, 6) is 0.288. The van der Waals surface area contributed by atoms with E-state index in [-0.39, 0.29) is 23.2 Å². The minimum absolute atomic E-state index is 0. The van der Waals surface area contributed by atoms with Gasteiger partial charge in [0.1, 0.15) is 0 Å². The molecule has 2 aromatic carbocycles. The first kappa shape index (κ1) is 19.9. The summed E-state index contributed by atoms with van der Waals surface area (Å²) < 4.78 is 27.7. The van der Waals surface area contributed by atoms with Crippen molar-refractivity contribution in [1.29, 1.82) is 0 Å². The Morgan fingerprint density at radius 1 is 1.00 bits per heavy atom. The van der Waals surface area contributed by atoms with E-state index in [1.807, 2.05) is 44.2 Å². The number of halogens is 1. The van der Waals surface area contributed by atoms with Gasteiger partial charge >= 0.3 is 0 Å². The van der Waals surface area contributed by atoms with Gasteiger partial charge in [-0.1, -0.05) is 29.8 Å². The van der Waals surface area contributed by atoms with Crippen LogP contribution in [0.25, 0.3) is 10.9 Å². The molecule has 0 unspecified atom stereocenters. The van der Waals surface area contributed by atoms with Crippen LogP contribution >= 0.6 is 12.4 Å². The van der Waals surface area contributed by atoms with Crippen molar-refractivity contribution in [3.05, 3.63) is 59.3 Å². The van der Waals surface area contributed by atoms with E-state index in [1.54, 1.807) is 12.1 Å². The van der Waals surface area contributed by atoms with Crippen molar-refractivity contribution in [2.45, 2.75) is 37.5 Å². The Morgan fingerprint density at radius 3 is 2.30 bits per heavy atom. The van der Waals surface area contributed by atoms with E-state index in [0.29, 0.717) is 5.52 Å². The quantitative estimate of drug-likeness (QED) is 0.720. The van der Waals surface area contributed by atoms with Crippen molar-refractivity contribution >= 4 is 33.3 Å². The molecule has 0 saturated carbocycles. The van der Waals surface area contributed by atoms with E-state index in [0.717, 1.165) is 48.1 Å². The van der Waals surface area contributed by atoms with Gasteiger partial charge in [-0.3, -0.25) is 0 Å². The zero-order valence-electron chi connectivity index (χ0n) is 15.5. The summed E-state index contributed by atoms with van der Waals surface area (Å²) in [5.41, 5.74) is 3.62. The van der Waals surface area contributed by atoms with Crippen molar-refractivity contribution < 1.29 is 8.42 Å². The van der Waals surface area contributed by atoms with Crippen molar-refractivity contribution in [2.75, 3.05) is 13.1 Å². The molecule has 27 heavy (non-hydrogen) atoms. The minimum Gasteiger partial charge on any atom is -0.317 e. The van der Waals surface area contributed by atoms with Crippen LogP contribution in [0.2, 0.25) is 0 Å². The molecule has 144 valence electrons. The van der Waals surface area contributed by atoms with Gasteiger partial charge in [-0.25, -0.2) is 0 Å². The highest BCUT2D eigenvalue weighted by Gasteiger charge is 2.27. The molecule has 1 aromatic heterocycles. The van der Waals surface area contributed by atoms with Crippen LogP contribution < -0.4 is 5.32 Å². The Balaban J connectivity index is 0.00000210. The number of benzene rings is 2. The van der Waals surface area contributed by atoms with Crippen molar-refractivity contribution in [3.8, 4) is 0 Å². The fraction of sp³-hybridized carbons (Fsp3) is 0.350. The number of aromatic nitrogens is 2. The average molecular weight is 406 g/mol. The summed E-state index contributed by atoms with van der Waals surface area (Å²) >= 11 is 0. The maximum absolute atomic E-state index is 13.3. The number of fused-ring (bicyclic) bond motifs is 1. The maximum atomic E-state index is 13.3. The number of rotatable bonds is 3. The van der Waals surface area contributed by atoms with Crippen LogP contribution in [0.5, 0.6) is 0 Å². The lowest BCUT2D eigenvalue weighted by molar-refractivity contribution is 0.453. The topological polar surface area (TPSA) is 64.0 Å². The molecule has 5 nitrogen and oxygen atoms in total. The SMILES string of the molecule is Cc1ccc(S(=O)(=O)n2nc(C3CCNCC3)c3ccc(C)cc32)cc1.Cl. The molecule has 2 heterocycles. The van der Waals surface area contributed by atoms with Gasteiger partial charge in [0.15, 0.2) is 0 Å². The Labute approximate surface area is 166 Å². The molecular formula is C20H24ClN3O2S. The Morgan fingerprint density at radius 2 is 1.63 bits per heavy atom. The normalized spacial score (nSPS) is 15.6. The highest BCUT2D eigenvalue weighted by molar-refractivity contribution is 7.90. The molecule has 0 bridgehead atoms. The standard InChI is InChI=1S/C20H23N3O2S.ClH/c1-14-3-6-17(7-4-14)26(24,25)23-19-13-15(2)5-8-18(19)20(22-23)16-9-11-21-12-10-16;/h3-8,13,16,21H,9-12H2,1-2H3;1H. The van der Waals surface area contributed by atoms with Gasteiger partial charge in [0.25, 0.3) is 10.0 Å². The largest absolute Gasteiger partial charge is 0.317 e. The van der Waals surface area contributed by atoms with E-state index in [1.165, 1.54) is 4.09 Å². The van der Waals surface area contributed by atoms with Gasteiger partial charge in [0.05, 0.1) is 16.1 Å². The molecule has 0 atom stereocenters. The average Bonchev–Trinajstić information content (AvgIpc) is 3.02. The Kier molecular flexibility index (Phi) is 5.60. The second-order valence-corrected chi connectivity index (χ2v) is 8.86. The van der Waals surface area contributed by atoms with Gasteiger partial charge in [-0.2, -0.15) is 17.6 Å². The highest BCUT2D eigenvalue weighted by atomic mass is 35.5. The molecule has 1 aliphatic rings.